The second kappa shape index (κ2) is 5.98. The lowest BCUT2D eigenvalue weighted by atomic mass is 10.1. The molecule has 0 aliphatic heterocycles. The molecule has 1 N–H and O–H groups in total. The van der Waals surface area contributed by atoms with Crippen molar-refractivity contribution in [3.63, 3.8) is 0 Å². The van der Waals surface area contributed by atoms with E-state index in [4.69, 9.17) is 0 Å². The molecule has 0 spiro atoms. The first-order valence-electron chi connectivity index (χ1n) is 6.63. The van der Waals surface area contributed by atoms with Crippen molar-refractivity contribution in [2.24, 2.45) is 0 Å². The predicted octanol–water partition coefficient (Wildman–Crippen LogP) is 2.75. The molecule has 17 heavy (non-hydrogen) atoms. The van der Waals surface area contributed by atoms with Crippen LogP contribution in [-0.4, -0.2) is 36.6 Å². The summed E-state index contributed by atoms with van der Waals surface area (Å²) in [5.41, 5.74) is 1.46. The number of nitrogens with one attached hydrogen (secondary N) is 1. The van der Waals surface area contributed by atoms with Crippen LogP contribution in [-0.2, 0) is 6.42 Å². The number of rotatable bonds is 7. The molecular weight excluding hydrogens is 228 g/mol. The van der Waals surface area contributed by atoms with Crippen molar-refractivity contribution in [3.8, 4) is 0 Å². The molecule has 0 radical (unpaired) electrons. The molecule has 1 aliphatic rings. The Bertz CT molecular complexity index is 319. The molecule has 1 saturated carbocycles. The molecule has 1 fully saturated rings. The molecule has 0 unspecified atom stereocenters. The molecule has 2 rings (SSSR count). The summed E-state index contributed by atoms with van der Waals surface area (Å²) in [5, 5.41) is 8.05. The number of likely N-dealkylation sites (N-methyl/N-ethyl adjacent to an activating group) is 1. The molecule has 1 aromatic heterocycles. The standard InChI is InChI=1S/C14H24N2S/c1-11(8-13-6-7-17-10-13)15-9-12(2)16(3)14-4-5-14/h6-7,10-12,14-15H,4-5,8-9H2,1-3H3/t11-,12-/m1/s1. The molecule has 2 atom stereocenters. The Balaban J connectivity index is 1.66. The van der Waals surface area contributed by atoms with Gasteiger partial charge in [0, 0.05) is 24.7 Å². The number of hydrogen-bond donors (Lipinski definition) is 1. The Labute approximate surface area is 109 Å². The molecule has 1 heterocycles. The van der Waals surface area contributed by atoms with E-state index < -0.39 is 0 Å². The van der Waals surface area contributed by atoms with Gasteiger partial charge in [-0.15, -0.1) is 0 Å². The highest BCUT2D eigenvalue weighted by Gasteiger charge is 2.28. The van der Waals surface area contributed by atoms with Crippen LogP contribution in [0.1, 0.15) is 32.3 Å². The summed E-state index contributed by atoms with van der Waals surface area (Å²) in [6.07, 6.45) is 3.93. The fourth-order valence-electron chi connectivity index (χ4n) is 2.19. The van der Waals surface area contributed by atoms with Crippen molar-refractivity contribution in [2.75, 3.05) is 13.6 Å². The Morgan fingerprint density at radius 2 is 2.24 bits per heavy atom. The van der Waals surface area contributed by atoms with Crippen LogP contribution in [0.25, 0.3) is 0 Å². The van der Waals surface area contributed by atoms with Crippen LogP contribution >= 0.6 is 11.3 Å². The van der Waals surface area contributed by atoms with Gasteiger partial charge in [-0.25, -0.2) is 0 Å². The Kier molecular flexibility index (Phi) is 4.60. The smallest absolute Gasteiger partial charge is 0.0192 e. The summed E-state index contributed by atoms with van der Waals surface area (Å²) in [6.45, 7) is 5.70. The highest BCUT2D eigenvalue weighted by molar-refractivity contribution is 7.07. The molecule has 1 aliphatic carbocycles. The molecule has 0 saturated heterocycles. The molecule has 0 amide bonds. The van der Waals surface area contributed by atoms with Crippen LogP contribution in [0.15, 0.2) is 16.8 Å². The van der Waals surface area contributed by atoms with Gasteiger partial charge in [-0.1, -0.05) is 0 Å². The van der Waals surface area contributed by atoms with Crippen molar-refractivity contribution in [1.82, 2.24) is 10.2 Å². The number of nitrogens with zero attached hydrogens (tertiary/aromatic N) is 1. The minimum absolute atomic E-state index is 0.569. The van der Waals surface area contributed by atoms with Crippen LogP contribution in [0.3, 0.4) is 0 Å². The van der Waals surface area contributed by atoms with Gasteiger partial charge >= 0.3 is 0 Å². The first kappa shape index (κ1) is 13.1. The maximum absolute atomic E-state index is 3.65. The maximum atomic E-state index is 3.65. The van der Waals surface area contributed by atoms with Crippen molar-refractivity contribution < 1.29 is 0 Å². The summed E-state index contributed by atoms with van der Waals surface area (Å²) < 4.78 is 0. The first-order chi connectivity index (χ1) is 8.16. The van der Waals surface area contributed by atoms with Crippen LogP contribution in [0.2, 0.25) is 0 Å². The average molecular weight is 252 g/mol. The fourth-order valence-corrected chi connectivity index (χ4v) is 2.87. The molecule has 0 aromatic carbocycles. The van der Waals surface area contributed by atoms with E-state index in [0.29, 0.717) is 12.1 Å². The van der Waals surface area contributed by atoms with Crippen molar-refractivity contribution in [1.29, 1.82) is 0 Å². The third kappa shape index (κ3) is 4.09. The highest BCUT2D eigenvalue weighted by Crippen LogP contribution is 2.26. The lowest BCUT2D eigenvalue weighted by molar-refractivity contribution is 0.236. The quantitative estimate of drug-likeness (QED) is 0.803. The largest absolute Gasteiger partial charge is 0.312 e. The normalized spacial score (nSPS) is 19.5. The number of hydrogen-bond acceptors (Lipinski definition) is 3. The Morgan fingerprint density at radius 1 is 1.47 bits per heavy atom. The molecule has 2 nitrogen and oxygen atoms in total. The van der Waals surface area contributed by atoms with Crippen molar-refractivity contribution >= 4 is 11.3 Å². The molecular formula is C14H24N2S. The molecule has 0 bridgehead atoms. The van der Waals surface area contributed by atoms with Crippen LogP contribution in [0, 0.1) is 0 Å². The zero-order valence-electron chi connectivity index (χ0n) is 11.1. The van der Waals surface area contributed by atoms with Gasteiger partial charge < -0.3 is 5.32 Å². The summed E-state index contributed by atoms with van der Waals surface area (Å²) in [5.74, 6) is 0. The SMILES string of the molecule is C[C@H](Cc1ccsc1)NC[C@@H](C)N(C)C1CC1. The lowest BCUT2D eigenvalue weighted by Gasteiger charge is -2.26. The van der Waals surface area contributed by atoms with E-state index in [1.807, 2.05) is 0 Å². The maximum Gasteiger partial charge on any atom is 0.0192 e. The van der Waals surface area contributed by atoms with Crippen LogP contribution in [0.5, 0.6) is 0 Å². The Hall–Kier alpha value is -0.380. The minimum atomic E-state index is 0.569. The summed E-state index contributed by atoms with van der Waals surface area (Å²) >= 11 is 1.79. The summed E-state index contributed by atoms with van der Waals surface area (Å²) in [4.78, 5) is 2.52. The van der Waals surface area contributed by atoms with Crippen molar-refractivity contribution in [3.05, 3.63) is 22.4 Å². The van der Waals surface area contributed by atoms with E-state index in [9.17, 15) is 0 Å². The van der Waals surface area contributed by atoms with Gasteiger partial charge in [-0.05, 0) is 62.5 Å². The molecule has 96 valence electrons. The van der Waals surface area contributed by atoms with Crippen LogP contribution in [0.4, 0.5) is 0 Å². The lowest BCUT2D eigenvalue weighted by Crippen LogP contribution is -2.42. The first-order valence-corrected chi connectivity index (χ1v) is 7.57. The van der Waals surface area contributed by atoms with Crippen molar-refractivity contribution in [2.45, 2.75) is 51.2 Å². The second-order valence-corrected chi connectivity index (χ2v) is 6.17. The monoisotopic (exact) mass is 252 g/mol. The van der Waals surface area contributed by atoms with Gasteiger partial charge in [0.15, 0.2) is 0 Å². The third-order valence-electron chi connectivity index (χ3n) is 3.70. The van der Waals surface area contributed by atoms with E-state index >= 15 is 0 Å². The van der Waals surface area contributed by atoms with Gasteiger partial charge in [0.25, 0.3) is 0 Å². The average Bonchev–Trinajstić information content (AvgIpc) is 3.05. The van der Waals surface area contributed by atoms with Gasteiger partial charge in [-0.3, -0.25) is 4.90 Å². The van der Waals surface area contributed by atoms with Gasteiger partial charge in [-0.2, -0.15) is 11.3 Å². The molecule has 1 aromatic rings. The third-order valence-corrected chi connectivity index (χ3v) is 4.43. The van der Waals surface area contributed by atoms with Gasteiger partial charge in [0.2, 0.25) is 0 Å². The van der Waals surface area contributed by atoms with E-state index in [2.05, 4.69) is 47.9 Å². The topological polar surface area (TPSA) is 15.3 Å². The van der Waals surface area contributed by atoms with Gasteiger partial charge in [0.05, 0.1) is 0 Å². The van der Waals surface area contributed by atoms with Gasteiger partial charge in [0.1, 0.15) is 0 Å². The highest BCUT2D eigenvalue weighted by atomic mass is 32.1. The predicted molar refractivity (Wildman–Crippen MR) is 75.7 cm³/mol. The minimum Gasteiger partial charge on any atom is -0.312 e. The zero-order valence-corrected chi connectivity index (χ0v) is 12.0. The number of thiophene rings is 1. The molecule has 3 heteroatoms. The van der Waals surface area contributed by atoms with E-state index in [1.54, 1.807) is 11.3 Å². The summed E-state index contributed by atoms with van der Waals surface area (Å²) in [6, 6.07) is 4.30. The van der Waals surface area contributed by atoms with E-state index in [1.165, 1.54) is 18.4 Å². The zero-order chi connectivity index (χ0) is 12.3. The fraction of sp³-hybridized carbons (Fsp3) is 0.714. The van der Waals surface area contributed by atoms with E-state index in [-0.39, 0.29) is 0 Å². The Morgan fingerprint density at radius 3 is 2.82 bits per heavy atom. The second-order valence-electron chi connectivity index (χ2n) is 5.39. The van der Waals surface area contributed by atoms with Crippen LogP contribution < -0.4 is 5.32 Å². The summed E-state index contributed by atoms with van der Waals surface area (Å²) in [7, 11) is 2.26. The van der Waals surface area contributed by atoms with E-state index in [0.717, 1.165) is 19.0 Å².